The van der Waals surface area contributed by atoms with Gasteiger partial charge in [0.05, 0.1) is 6.04 Å². The molecule has 1 amide bonds. The maximum absolute atomic E-state index is 12.4. The van der Waals surface area contributed by atoms with E-state index in [-0.39, 0.29) is 11.9 Å². The molecule has 3 rings (SSSR count). The first kappa shape index (κ1) is 15.1. The van der Waals surface area contributed by atoms with Gasteiger partial charge in [-0.05, 0) is 43.4 Å². The minimum absolute atomic E-state index is 0.0364. The maximum Gasteiger partial charge on any atom is 0.273 e. The molecule has 0 spiro atoms. The molecule has 0 bridgehead atoms. The first-order valence-corrected chi connectivity index (χ1v) is 8.01. The summed E-state index contributed by atoms with van der Waals surface area (Å²) in [6.07, 6.45) is 4.66. The van der Waals surface area contributed by atoms with Crippen molar-refractivity contribution in [3.63, 3.8) is 0 Å². The van der Waals surface area contributed by atoms with E-state index in [1.807, 2.05) is 24.3 Å². The molecular weight excluding hydrogens is 300 g/mol. The molecule has 1 heterocycles. The highest BCUT2D eigenvalue weighted by atomic mass is 35.5. The smallest absolute Gasteiger partial charge is 0.273 e. The first-order valence-electron chi connectivity index (χ1n) is 7.63. The van der Waals surface area contributed by atoms with Crippen LogP contribution in [0.5, 0.6) is 0 Å². The lowest BCUT2D eigenvalue weighted by molar-refractivity contribution is 0.0912. The fraction of sp³-hybridized carbons (Fsp3) is 0.412. The van der Waals surface area contributed by atoms with Gasteiger partial charge >= 0.3 is 0 Å². The van der Waals surface area contributed by atoms with Crippen LogP contribution in [0.2, 0.25) is 5.02 Å². The summed E-state index contributed by atoms with van der Waals surface area (Å²) < 4.78 is 4.99. The van der Waals surface area contributed by atoms with E-state index in [0.29, 0.717) is 22.4 Å². The average molecular weight is 319 g/mol. The van der Waals surface area contributed by atoms with Gasteiger partial charge in [0.25, 0.3) is 5.91 Å². The van der Waals surface area contributed by atoms with Crippen LogP contribution in [0.4, 0.5) is 0 Å². The van der Waals surface area contributed by atoms with Gasteiger partial charge in [-0.3, -0.25) is 4.79 Å². The van der Waals surface area contributed by atoms with Gasteiger partial charge < -0.3 is 9.84 Å². The Kier molecular flexibility index (Phi) is 4.48. The maximum atomic E-state index is 12.4. The van der Waals surface area contributed by atoms with Crippen LogP contribution in [0.25, 0.3) is 0 Å². The third-order valence-corrected chi connectivity index (χ3v) is 4.46. The molecule has 0 aliphatic heterocycles. The highest BCUT2D eigenvalue weighted by Crippen LogP contribution is 2.36. The molecule has 1 N–H and O–H groups in total. The van der Waals surface area contributed by atoms with Crippen LogP contribution >= 0.6 is 11.6 Å². The first-order chi connectivity index (χ1) is 10.6. The third kappa shape index (κ3) is 3.33. The van der Waals surface area contributed by atoms with Gasteiger partial charge in [-0.2, -0.15) is 0 Å². The van der Waals surface area contributed by atoms with Gasteiger partial charge in [0.2, 0.25) is 0 Å². The lowest BCUT2D eigenvalue weighted by atomic mass is 9.91. The number of carbonyl (C=O) groups is 1. The van der Waals surface area contributed by atoms with Crippen molar-refractivity contribution in [2.45, 2.75) is 38.6 Å². The third-order valence-electron chi connectivity index (χ3n) is 4.23. The molecular formula is C17H19ClN2O2. The van der Waals surface area contributed by atoms with E-state index in [0.717, 1.165) is 18.4 Å². The van der Waals surface area contributed by atoms with E-state index in [9.17, 15) is 4.79 Å². The van der Waals surface area contributed by atoms with Crippen LogP contribution in [0, 0.1) is 12.8 Å². The quantitative estimate of drug-likeness (QED) is 0.914. The Bertz CT molecular complexity index is 662. The number of hydrogen-bond donors (Lipinski definition) is 1. The molecule has 1 aromatic carbocycles. The summed E-state index contributed by atoms with van der Waals surface area (Å²) in [4.78, 5) is 12.4. The van der Waals surface area contributed by atoms with Crippen LogP contribution < -0.4 is 5.32 Å². The van der Waals surface area contributed by atoms with Crippen molar-refractivity contribution < 1.29 is 9.32 Å². The molecule has 22 heavy (non-hydrogen) atoms. The van der Waals surface area contributed by atoms with Gasteiger partial charge in [-0.15, -0.1) is 0 Å². The number of aromatic nitrogens is 1. The Morgan fingerprint density at radius 1 is 1.36 bits per heavy atom. The molecule has 2 aromatic rings. The number of halogens is 1. The van der Waals surface area contributed by atoms with Crippen molar-refractivity contribution in [3.05, 3.63) is 52.4 Å². The van der Waals surface area contributed by atoms with Crippen LogP contribution in [0.15, 0.2) is 34.9 Å². The topological polar surface area (TPSA) is 55.1 Å². The van der Waals surface area contributed by atoms with Crippen molar-refractivity contribution in [1.82, 2.24) is 10.5 Å². The summed E-state index contributed by atoms with van der Waals surface area (Å²) in [6, 6.07) is 9.33. The highest BCUT2D eigenvalue weighted by molar-refractivity contribution is 6.30. The summed E-state index contributed by atoms with van der Waals surface area (Å²) in [6.45, 7) is 1.77. The Labute approximate surface area is 134 Å². The minimum atomic E-state index is -0.200. The summed E-state index contributed by atoms with van der Waals surface area (Å²) in [5, 5.41) is 7.59. The number of nitrogens with one attached hydrogen (secondary N) is 1. The molecule has 1 saturated carbocycles. The van der Waals surface area contributed by atoms with E-state index in [1.165, 1.54) is 12.8 Å². The van der Waals surface area contributed by atoms with Crippen molar-refractivity contribution in [1.29, 1.82) is 0 Å². The van der Waals surface area contributed by atoms with Crippen LogP contribution in [0.1, 0.15) is 53.5 Å². The zero-order valence-electron chi connectivity index (χ0n) is 12.5. The van der Waals surface area contributed by atoms with E-state index in [4.69, 9.17) is 16.1 Å². The number of nitrogens with zero attached hydrogens (tertiary/aromatic N) is 1. The van der Waals surface area contributed by atoms with Crippen molar-refractivity contribution in [3.8, 4) is 0 Å². The molecule has 1 aromatic heterocycles. The van der Waals surface area contributed by atoms with E-state index in [1.54, 1.807) is 13.0 Å². The molecule has 5 heteroatoms. The van der Waals surface area contributed by atoms with Crippen LogP contribution in [-0.2, 0) is 0 Å². The van der Waals surface area contributed by atoms with Gasteiger partial charge in [-0.25, -0.2) is 0 Å². The Morgan fingerprint density at radius 3 is 2.77 bits per heavy atom. The molecule has 0 saturated heterocycles. The zero-order valence-corrected chi connectivity index (χ0v) is 13.3. The fourth-order valence-electron chi connectivity index (χ4n) is 3.15. The molecule has 1 unspecified atom stereocenters. The van der Waals surface area contributed by atoms with Crippen LogP contribution in [-0.4, -0.2) is 11.1 Å². The summed E-state index contributed by atoms with van der Waals surface area (Å²) in [5.74, 6) is 0.870. The lowest BCUT2D eigenvalue weighted by Crippen LogP contribution is -2.33. The van der Waals surface area contributed by atoms with E-state index in [2.05, 4.69) is 10.5 Å². The second-order valence-electron chi connectivity index (χ2n) is 5.87. The van der Waals surface area contributed by atoms with E-state index >= 15 is 0 Å². The second-order valence-corrected chi connectivity index (χ2v) is 6.31. The summed E-state index contributed by atoms with van der Waals surface area (Å²) >= 11 is 6.11. The molecule has 1 atom stereocenters. The highest BCUT2D eigenvalue weighted by Gasteiger charge is 2.28. The number of amides is 1. The van der Waals surface area contributed by atoms with Gasteiger partial charge in [0, 0.05) is 11.1 Å². The molecule has 116 valence electrons. The molecule has 4 nitrogen and oxygen atoms in total. The number of benzene rings is 1. The standard InChI is InChI=1S/C17H19ClN2O2/c1-11-9-15(20-22-11)17(21)19-16(12-5-2-3-6-12)13-7-4-8-14(18)10-13/h4,7-10,12,16H,2-3,5-6H2,1H3,(H,19,21). The number of rotatable bonds is 4. The number of carbonyl (C=O) groups excluding carboxylic acids is 1. The van der Waals surface area contributed by atoms with E-state index < -0.39 is 0 Å². The summed E-state index contributed by atoms with van der Waals surface area (Å²) in [7, 11) is 0. The minimum Gasteiger partial charge on any atom is -0.361 e. The monoisotopic (exact) mass is 318 g/mol. The number of hydrogen-bond acceptors (Lipinski definition) is 3. The predicted molar refractivity (Wildman–Crippen MR) is 84.9 cm³/mol. The summed E-state index contributed by atoms with van der Waals surface area (Å²) in [5.41, 5.74) is 1.37. The molecule has 0 radical (unpaired) electrons. The second kappa shape index (κ2) is 6.53. The van der Waals surface area contributed by atoms with Crippen molar-refractivity contribution >= 4 is 17.5 Å². The van der Waals surface area contributed by atoms with Gasteiger partial charge in [0.15, 0.2) is 5.69 Å². The Morgan fingerprint density at radius 2 is 2.14 bits per heavy atom. The number of aryl methyl sites for hydroxylation is 1. The van der Waals surface area contributed by atoms with Crippen molar-refractivity contribution in [2.24, 2.45) is 5.92 Å². The Balaban J connectivity index is 1.83. The van der Waals surface area contributed by atoms with Crippen LogP contribution in [0.3, 0.4) is 0 Å². The Hall–Kier alpha value is -1.81. The lowest BCUT2D eigenvalue weighted by Gasteiger charge is -2.25. The molecule has 1 aliphatic carbocycles. The predicted octanol–water partition coefficient (Wildman–Crippen LogP) is 4.30. The molecule has 1 aliphatic rings. The van der Waals surface area contributed by atoms with Gasteiger partial charge in [0.1, 0.15) is 5.76 Å². The zero-order chi connectivity index (χ0) is 15.5. The molecule has 1 fully saturated rings. The SMILES string of the molecule is Cc1cc(C(=O)NC(c2cccc(Cl)c2)C2CCCC2)no1. The normalized spacial score (nSPS) is 16.6. The van der Waals surface area contributed by atoms with Crippen molar-refractivity contribution in [2.75, 3.05) is 0 Å². The van der Waals surface area contributed by atoms with Gasteiger partial charge in [-0.1, -0.05) is 41.7 Å². The average Bonchev–Trinajstić information content (AvgIpc) is 3.16. The largest absolute Gasteiger partial charge is 0.361 e. The fourth-order valence-corrected chi connectivity index (χ4v) is 3.35.